The normalized spacial score (nSPS) is 11.7. The topological polar surface area (TPSA) is 63.6 Å². The average molecular weight is 433 g/mol. The summed E-state index contributed by atoms with van der Waals surface area (Å²) in [6.45, 7) is 3.47. The van der Waals surface area contributed by atoms with Crippen molar-refractivity contribution in [3.05, 3.63) is 65.2 Å². The minimum Gasteiger partial charge on any atom is -0.377 e. The standard InChI is InChI=1S/C25H36O4S/c1-22-17-18-25(30(26,27)28)24(20-22)16-12-7-5-3-2-4-6-8-13-19-29-21-23-14-10-9-11-15-23/h9-11,14-15,17-18,20H,2-8,12-13,16,19,21H2,1H3,(H,26,27,28). The molecule has 1 N–H and O–H groups in total. The third-order valence-corrected chi connectivity index (χ3v) is 6.29. The van der Waals surface area contributed by atoms with Crippen LogP contribution in [0.2, 0.25) is 0 Å². The zero-order chi connectivity index (χ0) is 21.7. The van der Waals surface area contributed by atoms with Crippen molar-refractivity contribution in [2.24, 2.45) is 0 Å². The molecule has 2 aromatic rings. The summed E-state index contributed by atoms with van der Waals surface area (Å²) in [6, 6.07) is 15.4. The van der Waals surface area contributed by atoms with Gasteiger partial charge in [-0.25, -0.2) is 0 Å². The lowest BCUT2D eigenvalue weighted by Gasteiger charge is -2.08. The maximum absolute atomic E-state index is 11.5. The van der Waals surface area contributed by atoms with Crippen molar-refractivity contribution in [3.8, 4) is 0 Å². The summed E-state index contributed by atoms with van der Waals surface area (Å²) in [5.41, 5.74) is 2.98. The SMILES string of the molecule is Cc1ccc(S(=O)(=O)O)c(CCCCCCCCCCCOCc2ccccc2)c1. The van der Waals surface area contributed by atoms with E-state index in [1.165, 1.54) is 50.2 Å². The van der Waals surface area contributed by atoms with E-state index in [-0.39, 0.29) is 4.90 Å². The second-order valence-electron chi connectivity index (χ2n) is 8.06. The van der Waals surface area contributed by atoms with Crippen LogP contribution in [0.5, 0.6) is 0 Å². The predicted molar refractivity (Wildman–Crippen MR) is 122 cm³/mol. The first kappa shape index (κ1) is 24.6. The quantitative estimate of drug-likeness (QED) is 0.257. The van der Waals surface area contributed by atoms with E-state index in [0.29, 0.717) is 13.0 Å². The van der Waals surface area contributed by atoms with Gasteiger partial charge in [0.15, 0.2) is 0 Å². The van der Waals surface area contributed by atoms with E-state index in [1.807, 2.05) is 31.2 Å². The van der Waals surface area contributed by atoms with E-state index >= 15 is 0 Å². The average Bonchev–Trinajstić information content (AvgIpc) is 2.71. The smallest absolute Gasteiger partial charge is 0.294 e. The first-order chi connectivity index (χ1) is 14.5. The van der Waals surface area contributed by atoms with Gasteiger partial charge in [-0.1, -0.05) is 93.0 Å². The molecule has 0 aliphatic carbocycles. The monoisotopic (exact) mass is 432 g/mol. The van der Waals surface area contributed by atoms with Crippen LogP contribution in [-0.2, 0) is 27.9 Å². The van der Waals surface area contributed by atoms with Crippen LogP contribution in [0.1, 0.15) is 74.5 Å². The summed E-state index contributed by atoms with van der Waals surface area (Å²) in [4.78, 5) is 0.0563. The van der Waals surface area contributed by atoms with E-state index in [0.717, 1.165) is 37.0 Å². The molecule has 0 aromatic heterocycles. The van der Waals surface area contributed by atoms with Gasteiger partial charge in [0.2, 0.25) is 0 Å². The molecule has 0 saturated carbocycles. The van der Waals surface area contributed by atoms with Gasteiger partial charge in [-0.05, 0) is 43.4 Å². The van der Waals surface area contributed by atoms with Gasteiger partial charge in [0.25, 0.3) is 10.1 Å². The molecule has 0 radical (unpaired) electrons. The number of benzene rings is 2. The second kappa shape index (κ2) is 13.6. The van der Waals surface area contributed by atoms with Gasteiger partial charge in [-0.15, -0.1) is 0 Å². The zero-order valence-electron chi connectivity index (χ0n) is 18.2. The fraction of sp³-hybridized carbons (Fsp3) is 0.520. The van der Waals surface area contributed by atoms with Crippen LogP contribution in [0.25, 0.3) is 0 Å². The van der Waals surface area contributed by atoms with Gasteiger partial charge in [0, 0.05) is 6.61 Å². The lowest BCUT2D eigenvalue weighted by molar-refractivity contribution is 0.116. The van der Waals surface area contributed by atoms with Gasteiger partial charge >= 0.3 is 0 Å². The maximum Gasteiger partial charge on any atom is 0.294 e. The Bertz CT molecular complexity index is 831. The van der Waals surface area contributed by atoms with Gasteiger partial charge < -0.3 is 4.74 Å². The third-order valence-electron chi connectivity index (χ3n) is 5.34. The number of hydrogen-bond donors (Lipinski definition) is 1. The van der Waals surface area contributed by atoms with Crippen molar-refractivity contribution in [2.75, 3.05) is 6.61 Å². The van der Waals surface area contributed by atoms with E-state index in [2.05, 4.69) is 12.1 Å². The van der Waals surface area contributed by atoms with Crippen LogP contribution in [0, 0.1) is 6.92 Å². The van der Waals surface area contributed by atoms with E-state index in [4.69, 9.17) is 4.74 Å². The van der Waals surface area contributed by atoms with Gasteiger partial charge in [0.1, 0.15) is 0 Å². The third kappa shape index (κ3) is 9.88. The molecule has 0 heterocycles. The second-order valence-corrected chi connectivity index (χ2v) is 9.45. The highest BCUT2D eigenvalue weighted by Crippen LogP contribution is 2.20. The van der Waals surface area contributed by atoms with Crippen molar-refractivity contribution in [1.29, 1.82) is 0 Å². The Morgan fingerprint density at radius 2 is 1.40 bits per heavy atom. The van der Waals surface area contributed by atoms with Gasteiger partial charge in [-0.2, -0.15) is 8.42 Å². The Balaban J connectivity index is 1.45. The predicted octanol–water partition coefficient (Wildman–Crippen LogP) is 6.51. The van der Waals surface area contributed by atoms with Crippen molar-refractivity contribution < 1.29 is 17.7 Å². The molecule has 0 bridgehead atoms. The molecule has 0 amide bonds. The summed E-state index contributed by atoms with van der Waals surface area (Å²) in [7, 11) is -4.14. The van der Waals surface area contributed by atoms with Crippen molar-refractivity contribution in [3.63, 3.8) is 0 Å². The Labute approximate surface area is 182 Å². The number of aryl methyl sites for hydroxylation is 2. The van der Waals surface area contributed by atoms with E-state index < -0.39 is 10.1 Å². The summed E-state index contributed by atoms with van der Waals surface area (Å²) in [5, 5.41) is 0. The van der Waals surface area contributed by atoms with Crippen LogP contribution in [0.15, 0.2) is 53.4 Å². The highest BCUT2D eigenvalue weighted by atomic mass is 32.2. The molecule has 0 aliphatic heterocycles. The van der Waals surface area contributed by atoms with Crippen molar-refractivity contribution in [2.45, 2.75) is 82.6 Å². The summed E-state index contributed by atoms with van der Waals surface area (Å²) >= 11 is 0. The Kier molecular flexibility index (Phi) is 11.1. The molecule has 0 spiro atoms. The summed E-state index contributed by atoms with van der Waals surface area (Å²) < 4.78 is 38.1. The molecular weight excluding hydrogens is 396 g/mol. The fourth-order valence-corrected chi connectivity index (χ4v) is 4.41. The largest absolute Gasteiger partial charge is 0.377 e. The maximum atomic E-state index is 11.5. The number of rotatable bonds is 15. The van der Waals surface area contributed by atoms with Gasteiger partial charge in [0.05, 0.1) is 11.5 Å². The Morgan fingerprint density at radius 3 is 2.03 bits per heavy atom. The minimum absolute atomic E-state index is 0.0563. The minimum atomic E-state index is -4.14. The fourth-order valence-electron chi connectivity index (χ4n) is 3.68. The van der Waals surface area contributed by atoms with Crippen LogP contribution in [-0.4, -0.2) is 19.6 Å². The molecular formula is C25H36O4S. The lowest BCUT2D eigenvalue weighted by atomic mass is 10.0. The molecule has 4 nitrogen and oxygen atoms in total. The molecule has 0 fully saturated rings. The number of hydrogen-bond acceptors (Lipinski definition) is 3. The number of unbranched alkanes of at least 4 members (excludes halogenated alkanes) is 8. The molecule has 0 atom stereocenters. The molecule has 2 rings (SSSR count). The first-order valence-electron chi connectivity index (χ1n) is 11.2. The van der Waals surface area contributed by atoms with Crippen molar-refractivity contribution >= 4 is 10.1 Å². The van der Waals surface area contributed by atoms with Crippen LogP contribution < -0.4 is 0 Å². The number of ether oxygens (including phenoxy) is 1. The molecule has 5 heteroatoms. The first-order valence-corrected chi connectivity index (χ1v) is 12.6. The molecule has 0 saturated heterocycles. The van der Waals surface area contributed by atoms with Crippen LogP contribution in [0.4, 0.5) is 0 Å². The Morgan fingerprint density at radius 1 is 0.800 bits per heavy atom. The molecule has 166 valence electrons. The highest BCUT2D eigenvalue weighted by molar-refractivity contribution is 7.85. The molecule has 0 aliphatic rings. The molecule has 0 unspecified atom stereocenters. The zero-order valence-corrected chi connectivity index (χ0v) is 19.0. The van der Waals surface area contributed by atoms with E-state index in [1.54, 1.807) is 6.07 Å². The molecule has 2 aromatic carbocycles. The van der Waals surface area contributed by atoms with Crippen molar-refractivity contribution in [1.82, 2.24) is 0 Å². The summed E-state index contributed by atoms with van der Waals surface area (Å²) in [6.07, 6.45) is 11.3. The van der Waals surface area contributed by atoms with Gasteiger partial charge in [-0.3, -0.25) is 4.55 Å². The summed E-state index contributed by atoms with van der Waals surface area (Å²) in [5.74, 6) is 0. The van der Waals surface area contributed by atoms with E-state index in [9.17, 15) is 13.0 Å². The van der Waals surface area contributed by atoms with Crippen LogP contribution in [0.3, 0.4) is 0 Å². The Hall–Kier alpha value is -1.69. The highest BCUT2D eigenvalue weighted by Gasteiger charge is 2.14. The lowest BCUT2D eigenvalue weighted by Crippen LogP contribution is -2.03. The van der Waals surface area contributed by atoms with Crippen LogP contribution >= 0.6 is 0 Å². The molecule has 30 heavy (non-hydrogen) atoms.